The van der Waals surface area contributed by atoms with Crippen LogP contribution in [-0.4, -0.2) is 37.2 Å². The normalized spacial score (nSPS) is 18.7. The maximum atomic E-state index is 12.9. The Labute approximate surface area is 201 Å². The molecule has 1 aliphatic carbocycles. The molecule has 10 heteroatoms. The second-order valence-corrected chi connectivity index (χ2v) is 10.6. The Hall–Kier alpha value is -3.92. The number of carbonyl (C=O) groups excluding carboxylic acids is 2. The molecule has 1 aliphatic heterocycles. The molecule has 35 heavy (non-hydrogen) atoms. The van der Waals surface area contributed by atoms with Crippen molar-refractivity contribution in [3.05, 3.63) is 81.5 Å². The predicted molar refractivity (Wildman–Crippen MR) is 131 cm³/mol. The van der Waals surface area contributed by atoms with E-state index in [4.69, 9.17) is 4.74 Å². The number of aromatic amines is 1. The van der Waals surface area contributed by atoms with Gasteiger partial charge in [0.15, 0.2) is 15.6 Å². The number of sulfone groups is 1. The highest BCUT2D eigenvalue weighted by atomic mass is 32.2. The van der Waals surface area contributed by atoms with Crippen LogP contribution in [0.3, 0.4) is 0 Å². The molecule has 1 aromatic heterocycles. The highest BCUT2D eigenvalue weighted by Gasteiger charge is 2.28. The minimum Gasteiger partial charge on any atom is -0.408 e. The smallest absolute Gasteiger partial charge is 0.408 e. The predicted octanol–water partition coefficient (Wildman–Crippen LogP) is 3.45. The molecule has 2 heterocycles. The van der Waals surface area contributed by atoms with Gasteiger partial charge in [-0.25, -0.2) is 13.2 Å². The Kier molecular flexibility index (Phi) is 5.89. The number of hydrogen-bond donors (Lipinski definition) is 3. The topological polar surface area (TPSA) is 134 Å². The van der Waals surface area contributed by atoms with E-state index in [1.807, 2.05) is 12.1 Å². The zero-order valence-electron chi connectivity index (χ0n) is 18.6. The summed E-state index contributed by atoms with van der Waals surface area (Å²) in [5, 5.41) is 6.79. The number of aromatic nitrogens is 1. The van der Waals surface area contributed by atoms with Crippen molar-refractivity contribution >= 4 is 38.4 Å². The summed E-state index contributed by atoms with van der Waals surface area (Å²) in [5.41, 5.74) is 0.882. The third-order valence-corrected chi connectivity index (χ3v) is 7.65. The van der Waals surface area contributed by atoms with Crippen LogP contribution < -0.4 is 20.9 Å². The lowest BCUT2D eigenvalue weighted by atomic mass is 9.79. The summed E-state index contributed by atoms with van der Waals surface area (Å²) in [5.74, 6) is -0.466. The van der Waals surface area contributed by atoms with Crippen LogP contribution >= 0.6 is 0 Å². The number of anilines is 1. The molecule has 1 saturated carbocycles. The number of nitrogens with one attached hydrogen (secondary N) is 3. The van der Waals surface area contributed by atoms with Crippen molar-refractivity contribution in [1.82, 2.24) is 10.3 Å². The molecular formula is C25H23N3O6S. The van der Waals surface area contributed by atoms with E-state index in [0.717, 1.165) is 30.2 Å². The lowest BCUT2D eigenvalue weighted by molar-refractivity contribution is 0.0946. The van der Waals surface area contributed by atoms with E-state index in [9.17, 15) is 22.8 Å². The van der Waals surface area contributed by atoms with E-state index in [1.54, 1.807) is 30.3 Å². The Morgan fingerprint density at radius 2 is 1.83 bits per heavy atom. The fourth-order valence-corrected chi connectivity index (χ4v) is 5.49. The fourth-order valence-electron chi connectivity index (χ4n) is 4.25. The Morgan fingerprint density at radius 1 is 1.06 bits per heavy atom. The van der Waals surface area contributed by atoms with Crippen molar-refractivity contribution in [3.63, 3.8) is 0 Å². The molecule has 0 spiro atoms. The SMILES string of the molecule is O=C(Nc1ccccc1)Oc1c(C2CCC2)ccc2cc(C(=O)NC3C=CS(=O)(=O)C3)c(=O)[nH]c12. The van der Waals surface area contributed by atoms with Crippen molar-refractivity contribution < 1.29 is 22.7 Å². The maximum Gasteiger partial charge on any atom is 0.417 e. The Bertz CT molecular complexity index is 1510. The van der Waals surface area contributed by atoms with Crippen LogP contribution in [0.5, 0.6) is 5.75 Å². The molecule has 2 amide bonds. The molecule has 180 valence electrons. The second kappa shape index (κ2) is 9.03. The number of ether oxygens (including phenoxy) is 1. The number of amides is 2. The molecule has 9 nitrogen and oxygen atoms in total. The minimum atomic E-state index is -3.35. The first-order valence-corrected chi connectivity index (χ1v) is 13.0. The number of fused-ring (bicyclic) bond motifs is 1. The van der Waals surface area contributed by atoms with Crippen LogP contribution in [-0.2, 0) is 9.84 Å². The van der Waals surface area contributed by atoms with Gasteiger partial charge in [0.05, 0.1) is 17.3 Å². The number of benzene rings is 2. The van der Waals surface area contributed by atoms with Gasteiger partial charge in [-0.2, -0.15) is 0 Å². The van der Waals surface area contributed by atoms with Crippen molar-refractivity contribution in [2.75, 3.05) is 11.1 Å². The molecular weight excluding hydrogens is 470 g/mol. The molecule has 0 bridgehead atoms. The molecule has 0 saturated heterocycles. The van der Waals surface area contributed by atoms with Gasteiger partial charge >= 0.3 is 6.09 Å². The van der Waals surface area contributed by atoms with Gasteiger partial charge in [-0.3, -0.25) is 14.9 Å². The number of rotatable bonds is 5. The summed E-state index contributed by atoms with van der Waals surface area (Å²) >= 11 is 0. The average molecular weight is 494 g/mol. The number of H-pyrrole nitrogens is 1. The van der Waals surface area contributed by atoms with Crippen LogP contribution in [0, 0.1) is 0 Å². The first-order valence-electron chi connectivity index (χ1n) is 11.2. The summed E-state index contributed by atoms with van der Waals surface area (Å²) in [6.07, 6.45) is 3.65. The molecule has 1 fully saturated rings. The van der Waals surface area contributed by atoms with E-state index in [2.05, 4.69) is 15.6 Å². The van der Waals surface area contributed by atoms with E-state index < -0.39 is 33.4 Å². The van der Waals surface area contributed by atoms with E-state index in [-0.39, 0.29) is 23.0 Å². The van der Waals surface area contributed by atoms with Gasteiger partial charge in [-0.15, -0.1) is 0 Å². The summed E-state index contributed by atoms with van der Waals surface area (Å²) in [6.45, 7) is 0. The Morgan fingerprint density at radius 3 is 2.49 bits per heavy atom. The van der Waals surface area contributed by atoms with E-state index in [0.29, 0.717) is 16.6 Å². The molecule has 5 rings (SSSR count). The van der Waals surface area contributed by atoms with Gasteiger partial charge in [-0.05, 0) is 43.0 Å². The number of para-hydroxylation sites is 1. The van der Waals surface area contributed by atoms with Crippen LogP contribution in [0.25, 0.3) is 10.9 Å². The molecule has 2 aromatic carbocycles. The average Bonchev–Trinajstić information content (AvgIpc) is 3.12. The third-order valence-electron chi connectivity index (χ3n) is 6.25. The highest BCUT2D eigenvalue weighted by Crippen LogP contribution is 2.43. The number of hydrogen-bond acceptors (Lipinski definition) is 6. The summed E-state index contributed by atoms with van der Waals surface area (Å²) < 4.78 is 28.9. The first kappa shape index (κ1) is 22.9. The van der Waals surface area contributed by atoms with Crippen LogP contribution in [0.15, 0.2) is 64.8 Å². The highest BCUT2D eigenvalue weighted by molar-refractivity contribution is 7.94. The van der Waals surface area contributed by atoms with E-state index >= 15 is 0 Å². The zero-order valence-corrected chi connectivity index (χ0v) is 19.4. The van der Waals surface area contributed by atoms with Crippen molar-refractivity contribution in [1.29, 1.82) is 0 Å². The molecule has 3 N–H and O–H groups in total. The van der Waals surface area contributed by atoms with Gasteiger partial charge < -0.3 is 15.0 Å². The van der Waals surface area contributed by atoms with Crippen LogP contribution in [0.2, 0.25) is 0 Å². The standard InChI is InChI=1S/C25H23N3O6S/c29-23(26-18-11-12-35(32,33)14-18)20-13-16-9-10-19(15-5-4-6-15)22(21(16)28-24(20)30)34-25(31)27-17-7-2-1-3-8-17/h1-3,7-13,15,18H,4-6,14H2,(H,26,29)(H,27,31)(H,28,30). The minimum absolute atomic E-state index is 0.161. The van der Waals surface area contributed by atoms with Gasteiger partial charge in [0.2, 0.25) is 0 Å². The molecule has 1 unspecified atom stereocenters. The summed E-state index contributed by atoms with van der Waals surface area (Å²) in [6, 6.07) is 13.2. The summed E-state index contributed by atoms with van der Waals surface area (Å²) in [4.78, 5) is 40.9. The van der Waals surface area contributed by atoms with Crippen LogP contribution in [0.4, 0.5) is 10.5 Å². The summed E-state index contributed by atoms with van der Waals surface area (Å²) in [7, 11) is -3.35. The zero-order chi connectivity index (χ0) is 24.6. The first-order chi connectivity index (χ1) is 16.8. The molecule has 1 atom stereocenters. The van der Waals surface area contributed by atoms with Gasteiger partial charge in [-0.1, -0.05) is 36.8 Å². The van der Waals surface area contributed by atoms with Crippen molar-refractivity contribution in [2.24, 2.45) is 0 Å². The van der Waals surface area contributed by atoms with Gasteiger partial charge in [0.1, 0.15) is 5.56 Å². The Balaban J connectivity index is 1.47. The third kappa shape index (κ3) is 4.83. The largest absolute Gasteiger partial charge is 0.417 e. The van der Waals surface area contributed by atoms with E-state index in [1.165, 1.54) is 12.1 Å². The number of carbonyl (C=O) groups is 2. The number of pyridine rings is 1. The lowest BCUT2D eigenvalue weighted by Gasteiger charge is -2.28. The van der Waals surface area contributed by atoms with Crippen LogP contribution in [0.1, 0.15) is 41.1 Å². The van der Waals surface area contributed by atoms with Gasteiger partial charge in [0.25, 0.3) is 11.5 Å². The quantitative estimate of drug-likeness (QED) is 0.498. The lowest BCUT2D eigenvalue weighted by Crippen LogP contribution is -2.38. The fraction of sp³-hybridized carbons (Fsp3) is 0.240. The molecule has 3 aromatic rings. The van der Waals surface area contributed by atoms with Crippen molar-refractivity contribution in [2.45, 2.75) is 31.2 Å². The second-order valence-electron chi connectivity index (χ2n) is 8.71. The molecule has 2 aliphatic rings. The van der Waals surface area contributed by atoms with Gasteiger partial charge in [0, 0.05) is 22.0 Å². The monoisotopic (exact) mass is 493 g/mol. The molecule has 0 radical (unpaired) electrons. The maximum absolute atomic E-state index is 12.9. The van der Waals surface area contributed by atoms with Crippen molar-refractivity contribution in [3.8, 4) is 5.75 Å².